The number of carbonyl (C=O) groups is 1. The highest BCUT2D eigenvalue weighted by molar-refractivity contribution is 8.00. The minimum Gasteiger partial charge on any atom is -0.339 e. The number of nitrogens with zero attached hydrogens (tertiary/aromatic N) is 2. The molecule has 0 unspecified atom stereocenters. The van der Waals surface area contributed by atoms with Crippen LogP contribution in [0.2, 0.25) is 0 Å². The molecular formula is C15H17N3O3S. The standard InChI is InChI=1S/C15H17N3O3S/c16-8-9-17-15(19)13-10-11(18(20)21)6-7-14(13)22-12-4-2-1-3-5-12/h6-7,10,12H,1-5,9H2,(H,17,19). The Morgan fingerprint density at radius 3 is 2.77 bits per heavy atom. The van der Waals surface area contributed by atoms with Crippen molar-refractivity contribution in [2.24, 2.45) is 0 Å². The molecule has 0 spiro atoms. The van der Waals surface area contributed by atoms with E-state index in [4.69, 9.17) is 5.26 Å². The Balaban J connectivity index is 2.24. The number of nitro groups is 1. The number of nitro benzene ring substituents is 1. The van der Waals surface area contributed by atoms with Crippen molar-refractivity contribution < 1.29 is 9.72 Å². The van der Waals surface area contributed by atoms with E-state index in [0.29, 0.717) is 5.25 Å². The topological polar surface area (TPSA) is 96.0 Å². The zero-order valence-corrected chi connectivity index (χ0v) is 12.9. The lowest BCUT2D eigenvalue weighted by atomic mass is 10.0. The van der Waals surface area contributed by atoms with E-state index in [0.717, 1.165) is 17.7 Å². The number of amides is 1. The first-order valence-corrected chi connectivity index (χ1v) is 8.10. The second-order valence-corrected chi connectivity index (χ2v) is 6.50. The molecule has 0 aromatic heterocycles. The molecule has 6 nitrogen and oxygen atoms in total. The molecule has 0 radical (unpaired) electrons. The van der Waals surface area contributed by atoms with Crippen LogP contribution in [0.15, 0.2) is 23.1 Å². The molecule has 1 amide bonds. The summed E-state index contributed by atoms with van der Waals surface area (Å²) in [6, 6.07) is 6.18. The fraction of sp³-hybridized carbons (Fsp3) is 0.467. The van der Waals surface area contributed by atoms with E-state index in [1.807, 2.05) is 6.07 Å². The van der Waals surface area contributed by atoms with Gasteiger partial charge in [0.25, 0.3) is 11.6 Å². The third-order valence-electron chi connectivity index (χ3n) is 3.59. The second-order valence-electron chi connectivity index (χ2n) is 5.16. The van der Waals surface area contributed by atoms with Gasteiger partial charge in [0.15, 0.2) is 0 Å². The number of hydrogen-bond donors (Lipinski definition) is 1. The number of carbonyl (C=O) groups excluding carboxylic acids is 1. The number of rotatable bonds is 5. The molecule has 1 fully saturated rings. The molecule has 1 aliphatic rings. The minimum atomic E-state index is -0.518. The van der Waals surface area contributed by atoms with E-state index in [1.165, 1.54) is 31.4 Å². The van der Waals surface area contributed by atoms with Gasteiger partial charge >= 0.3 is 0 Å². The zero-order chi connectivity index (χ0) is 15.9. The highest BCUT2D eigenvalue weighted by atomic mass is 32.2. The van der Waals surface area contributed by atoms with E-state index in [2.05, 4.69) is 5.32 Å². The van der Waals surface area contributed by atoms with Crippen molar-refractivity contribution in [3.8, 4) is 6.07 Å². The van der Waals surface area contributed by atoms with Crippen LogP contribution >= 0.6 is 11.8 Å². The van der Waals surface area contributed by atoms with Gasteiger partial charge < -0.3 is 5.32 Å². The lowest BCUT2D eigenvalue weighted by Gasteiger charge is -2.21. The Kier molecular flexibility index (Phi) is 5.78. The van der Waals surface area contributed by atoms with Crippen molar-refractivity contribution in [3.63, 3.8) is 0 Å². The van der Waals surface area contributed by atoms with Crippen molar-refractivity contribution >= 4 is 23.4 Å². The van der Waals surface area contributed by atoms with Crippen LogP contribution in [0.5, 0.6) is 0 Å². The van der Waals surface area contributed by atoms with Crippen LogP contribution in [-0.4, -0.2) is 22.6 Å². The predicted molar refractivity (Wildman–Crippen MR) is 83.8 cm³/mol. The Morgan fingerprint density at radius 2 is 2.14 bits per heavy atom. The second kappa shape index (κ2) is 7.80. The van der Waals surface area contributed by atoms with E-state index in [1.54, 1.807) is 17.8 Å². The number of nitriles is 1. The van der Waals surface area contributed by atoms with Gasteiger partial charge in [0.05, 0.1) is 16.6 Å². The summed E-state index contributed by atoms with van der Waals surface area (Å²) in [6.45, 7) is -0.116. The van der Waals surface area contributed by atoms with Crippen molar-refractivity contribution in [2.75, 3.05) is 6.54 Å². The van der Waals surface area contributed by atoms with Gasteiger partial charge in [-0.05, 0) is 18.9 Å². The largest absolute Gasteiger partial charge is 0.339 e. The maximum absolute atomic E-state index is 12.1. The highest BCUT2D eigenvalue weighted by Gasteiger charge is 2.21. The van der Waals surface area contributed by atoms with Crippen molar-refractivity contribution in [1.29, 1.82) is 5.26 Å². The molecule has 1 N–H and O–H groups in total. The molecule has 0 bridgehead atoms. The molecule has 0 heterocycles. The van der Waals surface area contributed by atoms with Gasteiger partial charge in [0.2, 0.25) is 0 Å². The first-order valence-electron chi connectivity index (χ1n) is 7.22. The van der Waals surface area contributed by atoms with Crippen molar-refractivity contribution in [1.82, 2.24) is 5.32 Å². The molecule has 1 aromatic rings. The van der Waals surface area contributed by atoms with Crippen LogP contribution < -0.4 is 5.32 Å². The lowest BCUT2D eigenvalue weighted by molar-refractivity contribution is -0.384. The fourth-order valence-electron chi connectivity index (χ4n) is 2.49. The molecule has 1 aromatic carbocycles. The van der Waals surface area contributed by atoms with Gasteiger partial charge in [-0.1, -0.05) is 19.3 Å². The number of thioether (sulfide) groups is 1. The summed E-state index contributed by atoms with van der Waals surface area (Å²) in [5.41, 5.74) is 0.162. The van der Waals surface area contributed by atoms with Crippen LogP contribution in [-0.2, 0) is 0 Å². The van der Waals surface area contributed by atoms with E-state index >= 15 is 0 Å². The molecule has 7 heteroatoms. The normalized spacial score (nSPS) is 15.0. The van der Waals surface area contributed by atoms with Crippen LogP contribution in [0.4, 0.5) is 5.69 Å². The molecular weight excluding hydrogens is 302 g/mol. The first kappa shape index (κ1) is 16.3. The smallest absolute Gasteiger partial charge is 0.270 e. The maximum Gasteiger partial charge on any atom is 0.270 e. The summed E-state index contributed by atoms with van der Waals surface area (Å²) in [6.07, 6.45) is 5.80. The summed E-state index contributed by atoms with van der Waals surface area (Å²) in [7, 11) is 0. The third-order valence-corrected chi connectivity index (χ3v) is 5.01. The van der Waals surface area contributed by atoms with Crippen LogP contribution in [0.25, 0.3) is 0 Å². The molecule has 0 saturated heterocycles. The van der Waals surface area contributed by atoms with Gasteiger partial charge in [0, 0.05) is 22.3 Å². The summed E-state index contributed by atoms with van der Waals surface area (Å²) in [4.78, 5) is 23.3. The van der Waals surface area contributed by atoms with E-state index in [-0.39, 0.29) is 17.8 Å². The number of hydrogen-bond acceptors (Lipinski definition) is 5. The minimum absolute atomic E-state index is 0.116. The van der Waals surface area contributed by atoms with Crippen molar-refractivity contribution in [2.45, 2.75) is 42.2 Å². The summed E-state index contributed by atoms with van der Waals surface area (Å²) >= 11 is 1.61. The Hall–Kier alpha value is -2.07. The zero-order valence-electron chi connectivity index (χ0n) is 12.1. The van der Waals surface area contributed by atoms with Gasteiger partial charge in [0.1, 0.15) is 6.54 Å². The molecule has 0 aliphatic heterocycles. The number of benzene rings is 1. The molecule has 22 heavy (non-hydrogen) atoms. The van der Waals surface area contributed by atoms with Gasteiger partial charge in [-0.3, -0.25) is 14.9 Å². The highest BCUT2D eigenvalue weighted by Crippen LogP contribution is 2.36. The Morgan fingerprint density at radius 1 is 1.41 bits per heavy atom. The Bertz CT molecular complexity index is 607. The predicted octanol–water partition coefficient (Wildman–Crippen LogP) is 3.27. The van der Waals surface area contributed by atoms with Gasteiger partial charge in [-0.25, -0.2) is 0 Å². The monoisotopic (exact) mass is 319 g/mol. The lowest BCUT2D eigenvalue weighted by Crippen LogP contribution is -2.24. The van der Waals surface area contributed by atoms with E-state index in [9.17, 15) is 14.9 Å². The average Bonchev–Trinajstić information content (AvgIpc) is 2.53. The summed E-state index contributed by atoms with van der Waals surface area (Å²) in [5.74, 6) is -0.441. The summed E-state index contributed by atoms with van der Waals surface area (Å²) in [5, 5.41) is 22.4. The fourth-order valence-corrected chi connectivity index (χ4v) is 3.84. The van der Waals surface area contributed by atoms with Crippen LogP contribution in [0.1, 0.15) is 42.5 Å². The van der Waals surface area contributed by atoms with Gasteiger partial charge in [-0.15, -0.1) is 11.8 Å². The quantitative estimate of drug-likeness (QED) is 0.510. The average molecular weight is 319 g/mol. The van der Waals surface area contributed by atoms with E-state index < -0.39 is 10.8 Å². The number of nitrogens with one attached hydrogen (secondary N) is 1. The first-order chi connectivity index (χ1) is 10.6. The van der Waals surface area contributed by atoms with Crippen molar-refractivity contribution in [3.05, 3.63) is 33.9 Å². The summed E-state index contributed by atoms with van der Waals surface area (Å²) < 4.78 is 0. The van der Waals surface area contributed by atoms with Crippen LogP contribution in [0, 0.1) is 21.4 Å². The SMILES string of the molecule is N#CCNC(=O)c1cc([N+](=O)[O-])ccc1SC1CCCCC1. The molecule has 0 atom stereocenters. The maximum atomic E-state index is 12.1. The van der Waals surface area contributed by atoms with Crippen LogP contribution in [0.3, 0.4) is 0 Å². The molecule has 1 aliphatic carbocycles. The Labute approximate surface area is 133 Å². The number of non-ortho nitro benzene ring substituents is 1. The van der Waals surface area contributed by atoms with Gasteiger partial charge in [-0.2, -0.15) is 5.26 Å². The molecule has 2 rings (SSSR count). The molecule has 116 valence electrons. The molecule has 1 saturated carbocycles. The third kappa shape index (κ3) is 4.21.